The van der Waals surface area contributed by atoms with Crippen LogP contribution >= 0.6 is 0 Å². The third-order valence-electron chi connectivity index (χ3n) is 3.81. The Kier molecular flexibility index (Phi) is 7.58. The highest BCUT2D eigenvalue weighted by Gasteiger charge is 2.23. The molecule has 0 N–H and O–H groups in total. The van der Waals surface area contributed by atoms with Crippen LogP contribution < -0.4 is 4.74 Å². The van der Waals surface area contributed by atoms with Crippen molar-refractivity contribution >= 4 is 0 Å². The maximum atomic E-state index is 8.51. The minimum atomic E-state index is -0.343. The molecule has 3 heteroatoms. The average molecular weight is 317 g/mol. The number of ether oxygens (including phenoxy) is 2. The van der Waals surface area contributed by atoms with Gasteiger partial charge in [-0.15, -0.1) is 0 Å². The lowest BCUT2D eigenvalue weighted by Crippen LogP contribution is -2.17. The molecule has 1 aromatic rings. The van der Waals surface area contributed by atoms with E-state index in [2.05, 4.69) is 52.8 Å². The highest BCUT2D eigenvalue weighted by atomic mass is 16.7. The van der Waals surface area contributed by atoms with Gasteiger partial charge in [0.25, 0.3) is 0 Å². The molecular weight excluding hydrogens is 286 g/mol. The molecule has 2 atom stereocenters. The monoisotopic (exact) mass is 317 g/mol. The molecule has 0 aliphatic rings. The molecule has 0 aliphatic heterocycles. The first kappa shape index (κ1) is 19.5. The number of nitriles is 1. The molecule has 0 saturated carbocycles. The van der Waals surface area contributed by atoms with Gasteiger partial charge in [-0.25, -0.2) is 0 Å². The van der Waals surface area contributed by atoms with Crippen LogP contribution in [-0.4, -0.2) is 12.9 Å². The van der Waals surface area contributed by atoms with Crippen molar-refractivity contribution in [3.63, 3.8) is 0 Å². The van der Waals surface area contributed by atoms with Crippen molar-refractivity contribution in [3.8, 4) is 11.8 Å². The molecule has 0 saturated heterocycles. The van der Waals surface area contributed by atoms with Crippen LogP contribution in [0, 0.1) is 22.7 Å². The first-order valence-electron chi connectivity index (χ1n) is 8.48. The zero-order valence-corrected chi connectivity index (χ0v) is 15.4. The van der Waals surface area contributed by atoms with Crippen molar-refractivity contribution in [2.24, 2.45) is 11.3 Å². The van der Waals surface area contributed by atoms with Crippen molar-refractivity contribution in [1.82, 2.24) is 0 Å². The van der Waals surface area contributed by atoms with Crippen LogP contribution in [0.3, 0.4) is 0 Å². The third kappa shape index (κ3) is 7.52. The molecule has 2 unspecified atom stereocenters. The molecule has 23 heavy (non-hydrogen) atoms. The SMILES string of the molecule is CC(OCCC#N)Oc1ccc(C(CC(C)(C)C)C(C)C)cc1. The Labute approximate surface area is 141 Å². The van der Waals surface area contributed by atoms with Gasteiger partial charge in [0, 0.05) is 0 Å². The summed E-state index contributed by atoms with van der Waals surface area (Å²) in [5.41, 5.74) is 1.67. The van der Waals surface area contributed by atoms with E-state index in [-0.39, 0.29) is 6.29 Å². The summed E-state index contributed by atoms with van der Waals surface area (Å²) in [6.45, 7) is 13.7. The standard InChI is InChI=1S/C20H31NO2/c1-15(2)19(14-20(4,5)6)17-8-10-18(11-9-17)23-16(3)22-13-7-12-21/h8-11,15-16,19H,7,13-14H2,1-6H3. The molecule has 1 rings (SSSR count). The van der Waals surface area contributed by atoms with E-state index < -0.39 is 0 Å². The summed E-state index contributed by atoms with van der Waals surface area (Å²) < 4.78 is 11.1. The van der Waals surface area contributed by atoms with Gasteiger partial charge in [0.2, 0.25) is 0 Å². The number of nitrogens with zero attached hydrogens (tertiary/aromatic N) is 1. The van der Waals surface area contributed by atoms with E-state index >= 15 is 0 Å². The van der Waals surface area contributed by atoms with Crippen LogP contribution in [0.15, 0.2) is 24.3 Å². The van der Waals surface area contributed by atoms with Gasteiger partial charge in [-0.1, -0.05) is 46.8 Å². The van der Waals surface area contributed by atoms with Gasteiger partial charge in [0.05, 0.1) is 19.1 Å². The third-order valence-corrected chi connectivity index (χ3v) is 3.81. The van der Waals surface area contributed by atoms with Crippen molar-refractivity contribution < 1.29 is 9.47 Å². The van der Waals surface area contributed by atoms with Gasteiger partial charge < -0.3 is 9.47 Å². The van der Waals surface area contributed by atoms with E-state index in [9.17, 15) is 0 Å². The fourth-order valence-electron chi connectivity index (χ4n) is 2.69. The van der Waals surface area contributed by atoms with Gasteiger partial charge in [0.1, 0.15) is 5.75 Å². The summed E-state index contributed by atoms with van der Waals surface area (Å²) in [5, 5.41) is 8.51. The molecule has 0 aliphatic carbocycles. The van der Waals surface area contributed by atoms with Gasteiger partial charge in [-0.2, -0.15) is 5.26 Å². The highest BCUT2D eigenvalue weighted by molar-refractivity contribution is 5.30. The van der Waals surface area contributed by atoms with Crippen molar-refractivity contribution in [1.29, 1.82) is 5.26 Å². The predicted molar refractivity (Wildman–Crippen MR) is 94.4 cm³/mol. The minimum Gasteiger partial charge on any atom is -0.465 e. The topological polar surface area (TPSA) is 42.2 Å². The van der Waals surface area contributed by atoms with Crippen LogP contribution in [-0.2, 0) is 4.74 Å². The largest absolute Gasteiger partial charge is 0.465 e. The van der Waals surface area contributed by atoms with Gasteiger partial charge in [-0.05, 0) is 48.3 Å². The molecule has 128 valence electrons. The maximum Gasteiger partial charge on any atom is 0.197 e. The number of hydrogen-bond acceptors (Lipinski definition) is 3. The lowest BCUT2D eigenvalue weighted by molar-refractivity contribution is -0.0645. The molecule has 1 aromatic carbocycles. The molecular formula is C20H31NO2. The average Bonchev–Trinajstić information content (AvgIpc) is 2.45. The normalized spacial score (nSPS) is 14.3. The first-order valence-corrected chi connectivity index (χ1v) is 8.48. The van der Waals surface area contributed by atoms with Gasteiger partial charge in [-0.3, -0.25) is 0 Å². The Hall–Kier alpha value is -1.53. The summed E-state index contributed by atoms with van der Waals surface area (Å²) in [6, 6.07) is 10.4. The fraction of sp³-hybridized carbons (Fsp3) is 0.650. The lowest BCUT2D eigenvalue weighted by atomic mass is 9.76. The van der Waals surface area contributed by atoms with Gasteiger partial charge in [0.15, 0.2) is 6.29 Å². The van der Waals surface area contributed by atoms with Crippen LogP contribution in [0.1, 0.15) is 65.9 Å². The second-order valence-corrected chi connectivity index (χ2v) is 7.65. The molecule has 0 heterocycles. The van der Waals surface area contributed by atoms with Crippen molar-refractivity contribution in [2.45, 2.75) is 66.6 Å². The second-order valence-electron chi connectivity index (χ2n) is 7.65. The number of hydrogen-bond donors (Lipinski definition) is 0. The molecule has 0 spiro atoms. The molecule has 0 aromatic heterocycles. The Morgan fingerprint density at radius 3 is 2.17 bits per heavy atom. The summed E-state index contributed by atoms with van der Waals surface area (Å²) in [4.78, 5) is 0. The van der Waals surface area contributed by atoms with Crippen LogP contribution in [0.25, 0.3) is 0 Å². The van der Waals surface area contributed by atoms with E-state index in [0.29, 0.717) is 30.3 Å². The van der Waals surface area contributed by atoms with E-state index in [4.69, 9.17) is 14.7 Å². The Morgan fingerprint density at radius 1 is 1.09 bits per heavy atom. The minimum absolute atomic E-state index is 0.313. The van der Waals surface area contributed by atoms with Crippen molar-refractivity contribution in [2.75, 3.05) is 6.61 Å². The molecule has 0 fully saturated rings. The molecule has 0 radical (unpaired) electrons. The fourth-order valence-corrected chi connectivity index (χ4v) is 2.69. The van der Waals surface area contributed by atoms with E-state index in [1.165, 1.54) is 12.0 Å². The highest BCUT2D eigenvalue weighted by Crippen LogP contribution is 2.36. The number of benzene rings is 1. The van der Waals surface area contributed by atoms with Crippen LogP contribution in [0.2, 0.25) is 0 Å². The first-order chi connectivity index (χ1) is 10.7. The summed E-state index contributed by atoms with van der Waals surface area (Å²) in [5.74, 6) is 1.96. The summed E-state index contributed by atoms with van der Waals surface area (Å²) in [7, 11) is 0. The number of rotatable bonds is 8. The zero-order valence-electron chi connectivity index (χ0n) is 15.4. The van der Waals surface area contributed by atoms with Crippen LogP contribution in [0.5, 0.6) is 5.75 Å². The Balaban J connectivity index is 2.68. The van der Waals surface area contributed by atoms with E-state index in [0.717, 1.165) is 5.75 Å². The smallest absolute Gasteiger partial charge is 0.197 e. The molecule has 0 amide bonds. The zero-order chi connectivity index (χ0) is 17.5. The molecule has 3 nitrogen and oxygen atoms in total. The summed E-state index contributed by atoms with van der Waals surface area (Å²) in [6.07, 6.45) is 1.21. The molecule has 0 bridgehead atoms. The van der Waals surface area contributed by atoms with E-state index in [1.54, 1.807) is 0 Å². The quantitative estimate of drug-likeness (QED) is 0.468. The Morgan fingerprint density at radius 2 is 1.70 bits per heavy atom. The maximum absolute atomic E-state index is 8.51. The van der Waals surface area contributed by atoms with Crippen molar-refractivity contribution in [3.05, 3.63) is 29.8 Å². The van der Waals surface area contributed by atoms with E-state index in [1.807, 2.05) is 19.1 Å². The second kappa shape index (κ2) is 8.93. The van der Waals surface area contributed by atoms with Crippen LogP contribution in [0.4, 0.5) is 0 Å². The lowest BCUT2D eigenvalue weighted by Gasteiger charge is -2.29. The summed E-state index contributed by atoms with van der Waals surface area (Å²) >= 11 is 0. The van der Waals surface area contributed by atoms with Gasteiger partial charge >= 0.3 is 0 Å². The predicted octanol–water partition coefficient (Wildman–Crippen LogP) is 5.52. The Bertz CT molecular complexity index is 494.